The molecule has 7 nitrogen and oxygen atoms in total. The molecule has 0 saturated carbocycles. The van der Waals surface area contributed by atoms with E-state index < -0.39 is 0 Å². The Labute approximate surface area is 170 Å². The molecule has 1 aromatic rings. The Kier molecular flexibility index (Phi) is 7.88. The Hall–Kier alpha value is -1.44. The predicted octanol–water partition coefficient (Wildman–Crippen LogP) is 2.31. The van der Waals surface area contributed by atoms with Crippen molar-refractivity contribution in [3.05, 3.63) is 12.3 Å². The number of rotatable bonds is 8. The second kappa shape index (κ2) is 10.4. The quantitative estimate of drug-likeness (QED) is 0.731. The van der Waals surface area contributed by atoms with Gasteiger partial charge in [-0.1, -0.05) is 0 Å². The van der Waals surface area contributed by atoms with Gasteiger partial charge in [0.25, 0.3) is 0 Å². The molecule has 0 unspecified atom stereocenters. The molecule has 2 aliphatic heterocycles. The Morgan fingerprint density at radius 2 is 1.79 bits per heavy atom. The van der Waals surface area contributed by atoms with Crippen molar-refractivity contribution in [2.45, 2.75) is 58.7 Å². The van der Waals surface area contributed by atoms with Crippen LogP contribution in [-0.2, 0) is 4.74 Å². The first-order chi connectivity index (χ1) is 13.5. The SMILES string of the molecule is CC(C)N(CCNc1ccnc(N2CCC(N3CCOCC3)CC2)n1)C(C)C. The van der Waals surface area contributed by atoms with Crippen LogP contribution in [0.15, 0.2) is 12.3 Å². The average Bonchev–Trinajstić information content (AvgIpc) is 2.71. The molecule has 0 aromatic carbocycles. The van der Waals surface area contributed by atoms with Gasteiger partial charge < -0.3 is 15.0 Å². The van der Waals surface area contributed by atoms with E-state index in [-0.39, 0.29) is 0 Å². The summed E-state index contributed by atoms with van der Waals surface area (Å²) < 4.78 is 5.48. The molecule has 0 radical (unpaired) electrons. The van der Waals surface area contributed by atoms with E-state index in [0.29, 0.717) is 18.1 Å². The van der Waals surface area contributed by atoms with E-state index in [4.69, 9.17) is 9.72 Å². The van der Waals surface area contributed by atoms with E-state index in [1.807, 2.05) is 12.3 Å². The minimum atomic E-state index is 0.551. The zero-order valence-electron chi connectivity index (χ0n) is 18.1. The van der Waals surface area contributed by atoms with Gasteiger partial charge in [0.2, 0.25) is 5.95 Å². The number of anilines is 2. The second-order valence-corrected chi connectivity index (χ2v) is 8.46. The average molecular weight is 391 g/mol. The number of ether oxygens (including phenoxy) is 1. The number of hydrogen-bond donors (Lipinski definition) is 1. The lowest BCUT2D eigenvalue weighted by molar-refractivity contribution is 0.0114. The minimum absolute atomic E-state index is 0.551. The van der Waals surface area contributed by atoms with Crippen LogP contribution in [-0.4, -0.2) is 90.4 Å². The lowest BCUT2D eigenvalue weighted by Gasteiger charge is -2.40. The van der Waals surface area contributed by atoms with Crippen LogP contribution in [0.5, 0.6) is 0 Å². The van der Waals surface area contributed by atoms with Crippen molar-refractivity contribution in [3.63, 3.8) is 0 Å². The number of nitrogens with zero attached hydrogens (tertiary/aromatic N) is 5. The maximum atomic E-state index is 5.48. The van der Waals surface area contributed by atoms with Crippen molar-refractivity contribution < 1.29 is 4.74 Å². The van der Waals surface area contributed by atoms with Crippen molar-refractivity contribution in [1.82, 2.24) is 19.8 Å². The fourth-order valence-electron chi connectivity index (χ4n) is 4.40. The minimum Gasteiger partial charge on any atom is -0.379 e. The largest absolute Gasteiger partial charge is 0.379 e. The first-order valence-corrected chi connectivity index (χ1v) is 10.9. The van der Waals surface area contributed by atoms with Gasteiger partial charge in [-0.3, -0.25) is 9.80 Å². The van der Waals surface area contributed by atoms with Gasteiger partial charge in [-0.25, -0.2) is 4.98 Å². The van der Waals surface area contributed by atoms with Crippen molar-refractivity contribution in [2.24, 2.45) is 0 Å². The van der Waals surface area contributed by atoms with E-state index in [9.17, 15) is 0 Å². The third kappa shape index (κ3) is 5.78. The first-order valence-electron chi connectivity index (χ1n) is 10.9. The molecular formula is C21H38N6O. The molecule has 3 rings (SSSR count). The van der Waals surface area contributed by atoms with E-state index in [1.54, 1.807) is 0 Å². The van der Waals surface area contributed by atoms with Crippen molar-refractivity contribution in [3.8, 4) is 0 Å². The van der Waals surface area contributed by atoms with Crippen molar-refractivity contribution in [2.75, 3.05) is 62.7 Å². The Balaban J connectivity index is 1.48. The Morgan fingerprint density at radius 1 is 1.11 bits per heavy atom. The normalized spacial score (nSPS) is 19.8. The van der Waals surface area contributed by atoms with E-state index in [1.165, 1.54) is 12.8 Å². The van der Waals surface area contributed by atoms with Crippen LogP contribution in [0.3, 0.4) is 0 Å². The van der Waals surface area contributed by atoms with Crippen LogP contribution in [0.4, 0.5) is 11.8 Å². The monoisotopic (exact) mass is 390 g/mol. The highest BCUT2D eigenvalue weighted by molar-refractivity contribution is 5.41. The molecule has 3 heterocycles. The molecule has 0 bridgehead atoms. The summed E-state index contributed by atoms with van der Waals surface area (Å²) in [4.78, 5) is 16.7. The molecule has 1 aromatic heterocycles. The lowest BCUT2D eigenvalue weighted by Crippen LogP contribution is -2.49. The van der Waals surface area contributed by atoms with Gasteiger partial charge >= 0.3 is 0 Å². The van der Waals surface area contributed by atoms with E-state index in [0.717, 1.165) is 64.2 Å². The predicted molar refractivity (Wildman–Crippen MR) is 115 cm³/mol. The molecule has 0 atom stereocenters. The van der Waals surface area contributed by atoms with E-state index >= 15 is 0 Å². The first kappa shape index (κ1) is 21.3. The standard InChI is InChI=1S/C21H38N6O/c1-17(2)27(18(3)4)12-9-22-20-5-8-23-21(24-20)26-10-6-19(7-11-26)25-13-15-28-16-14-25/h5,8,17-19H,6-7,9-16H2,1-4H3,(H,22,23,24). The van der Waals surface area contributed by atoms with Gasteiger partial charge in [-0.2, -0.15) is 4.98 Å². The topological polar surface area (TPSA) is 56.8 Å². The van der Waals surface area contributed by atoms with Gasteiger partial charge in [0.15, 0.2) is 0 Å². The molecule has 0 amide bonds. The fourth-order valence-corrected chi connectivity index (χ4v) is 4.40. The van der Waals surface area contributed by atoms with Gasteiger partial charge in [0.1, 0.15) is 5.82 Å². The van der Waals surface area contributed by atoms with Crippen LogP contribution >= 0.6 is 0 Å². The summed E-state index contributed by atoms with van der Waals surface area (Å²) >= 11 is 0. The summed E-state index contributed by atoms with van der Waals surface area (Å²) in [7, 11) is 0. The Bertz CT molecular complexity index is 574. The third-order valence-corrected chi connectivity index (χ3v) is 5.95. The summed E-state index contributed by atoms with van der Waals surface area (Å²) in [6.45, 7) is 16.9. The zero-order chi connectivity index (χ0) is 19.9. The van der Waals surface area contributed by atoms with E-state index in [2.05, 4.69) is 52.7 Å². The molecule has 2 aliphatic rings. The summed E-state index contributed by atoms with van der Waals surface area (Å²) in [6.07, 6.45) is 4.24. The zero-order valence-corrected chi connectivity index (χ0v) is 18.1. The van der Waals surface area contributed by atoms with Crippen LogP contribution < -0.4 is 10.2 Å². The summed E-state index contributed by atoms with van der Waals surface area (Å²) in [6, 6.07) is 3.75. The molecule has 28 heavy (non-hydrogen) atoms. The molecule has 0 spiro atoms. The second-order valence-electron chi connectivity index (χ2n) is 8.46. The lowest BCUT2D eigenvalue weighted by atomic mass is 10.0. The van der Waals surface area contributed by atoms with Crippen molar-refractivity contribution in [1.29, 1.82) is 0 Å². The van der Waals surface area contributed by atoms with Crippen LogP contribution in [0.1, 0.15) is 40.5 Å². The van der Waals surface area contributed by atoms with Gasteiger partial charge in [-0.05, 0) is 46.6 Å². The number of piperidine rings is 1. The van der Waals surface area contributed by atoms with Crippen LogP contribution in [0, 0.1) is 0 Å². The molecule has 0 aliphatic carbocycles. The third-order valence-electron chi connectivity index (χ3n) is 5.95. The fraction of sp³-hybridized carbons (Fsp3) is 0.810. The van der Waals surface area contributed by atoms with Crippen LogP contribution in [0.25, 0.3) is 0 Å². The summed E-state index contributed by atoms with van der Waals surface area (Å²) in [5.74, 6) is 1.78. The maximum absolute atomic E-state index is 5.48. The molecule has 1 N–H and O–H groups in total. The number of aromatic nitrogens is 2. The number of morpholine rings is 1. The number of hydrogen-bond acceptors (Lipinski definition) is 7. The van der Waals surface area contributed by atoms with Gasteiger partial charge in [0.05, 0.1) is 13.2 Å². The molecule has 2 saturated heterocycles. The van der Waals surface area contributed by atoms with Crippen molar-refractivity contribution >= 4 is 11.8 Å². The maximum Gasteiger partial charge on any atom is 0.227 e. The summed E-state index contributed by atoms with van der Waals surface area (Å²) in [5.41, 5.74) is 0. The van der Waals surface area contributed by atoms with Gasteiger partial charge in [0, 0.05) is 63.6 Å². The molecular weight excluding hydrogens is 352 g/mol. The number of nitrogens with one attached hydrogen (secondary N) is 1. The molecule has 158 valence electrons. The molecule has 2 fully saturated rings. The van der Waals surface area contributed by atoms with Crippen LogP contribution in [0.2, 0.25) is 0 Å². The summed E-state index contributed by atoms with van der Waals surface area (Å²) in [5, 5.41) is 3.48. The highest BCUT2D eigenvalue weighted by atomic mass is 16.5. The smallest absolute Gasteiger partial charge is 0.227 e. The highest BCUT2D eigenvalue weighted by Gasteiger charge is 2.26. The van der Waals surface area contributed by atoms with Gasteiger partial charge in [-0.15, -0.1) is 0 Å². The highest BCUT2D eigenvalue weighted by Crippen LogP contribution is 2.21. The Morgan fingerprint density at radius 3 is 2.43 bits per heavy atom. The molecule has 7 heteroatoms.